The van der Waals surface area contributed by atoms with E-state index in [0.717, 1.165) is 31.8 Å². The van der Waals surface area contributed by atoms with Crippen LogP contribution in [0.2, 0.25) is 0 Å². The molecule has 1 N–H and O–H groups in total. The summed E-state index contributed by atoms with van der Waals surface area (Å²) in [6.07, 6.45) is 7.14. The van der Waals surface area contributed by atoms with Gasteiger partial charge in [-0.1, -0.05) is 33.1 Å². The first-order chi connectivity index (χ1) is 7.76. The molecule has 3 nitrogen and oxygen atoms in total. The average molecular weight is 224 g/mol. The van der Waals surface area contributed by atoms with Crippen molar-refractivity contribution in [1.82, 2.24) is 10.2 Å². The maximum atomic E-state index is 12.2. The first-order valence-electron chi connectivity index (χ1n) is 6.80. The summed E-state index contributed by atoms with van der Waals surface area (Å²) >= 11 is 0. The van der Waals surface area contributed by atoms with E-state index < -0.39 is 0 Å². The molecule has 2 rings (SSSR count). The molecule has 2 fully saturated rings. The van der Waals surface area contributed by atoms with Gasteiger partial charge in [0.25, 0.3) is 0 Å². The van der Waals surface area contributed by atoms with E-state index >= 15 is 0 Å². The lowest BCUT2D eigenvalue weighted by Gasteiger charge is -2.26. The normalized spacial score (nSPS) is 27.5. The number of carbonyl (C=O) groups is 1. The Hall–Kier alpha value is -0.570. The predicted molar refractivity (Wildman–Crippen MR) is 65.0 cm³/mol. The Labute approximate surface area is 98.6 Å². The first-order valence-corrected chi connectivity index (χ1v) is 6.80. The third kappa shape index (κ3) is 2.57. The van der Waals surface area contributed by atoms with Crippen LogP contribution in [0.1, 0.15) is 52.4 Å². The van der Waals surface area contributed by atoms with Crippen molar-refractivity contribution in [3.8, 4) is 0 Å². The maximum absolute atomic E-state index is 12.2. The topological polar surface area (TPSA) is 32.3 Å². The molecule has 0 radical (unpaired) electrons. The minimum absolute atomic E-state index is 0.0956. The van der Waals surface area contributed by atoms with Gasteiger partial charge in [-0.25, -0.2) is 0 Å². The molecule has 3 heteroatoms. The molecule has 0 aromatic rings. The number of carbonyl (C=O) groups excluding carboxylic acids is 1. The lowest BCUT2D eigenvalue weighted by atomic mass is 10.1. The summed E-state index contributed by atoms with van der Waals surface area (Å²) in [5.74, 6) is 1.25. The lowest BCUT2D eigenvalue weighted by Crippen LogP contribution is -2.38. The summed E-state index contributed by atoms with van der Waals surface area (Å²) in [6, 6.07) is 0.576. The monoisotopic (exact) mass is 224 g/mol. The van der Waals surface area contributed by atoms with Gasteiger partial charge in [-0.15, -0.1) is 0 Å². The van der Waals surface area contributed by atoms with Crippen LogP contribution < -0.4 is 5.32 Å². The molecular weight excluding hydrogens is 200 g/mol. The zero-order valence-corrected chi connectivity index (χ0v) is 10.5. The Bertz CT molecular complexity index is 250. The van der Waals surface area contributed by atoms with E-state index in [0.29, 0.717) is 11.9 Å². The van der Waals surface area contributed by atoms with Gasteiger partial charge in [-0.2, -0.15) is 0 Å². The molecule has 1 saturated heterocycles. The highest BCUT2D eigenvalue weighted by Gasteiger charge is 2.36. The molecule has 0 bridgehead atoms. The molecule has 1 aliphatic carbocycles. The Kier molecular flexibility index (Phi) is 3.85. The summed E-state index contributed by atoms with van der Waals surface area (Å²) in [7, 11) is 0. The number of amides is 1. The minimum atomic E-state index is 0.0956. The number of rotatable bonds is 6. The summed E-state index contributed by atoms with van der Waals surface area (Å²) in [5, 5.41) is 3.34. The standard InChI is InChI=1S/C13H24N2O/c1-3-5-12-13(16)15(9-14-12)11(4-2)8-10-6-7-10/h10-12,14H,3-9H2,1-2H3. The summed E-state index contributed by atoms with van der Waals surface area (Å²) in [4.78, 5) is 14.2. The number of hydrogen-bond donors (Lipinski definition) is 1. The van der Waals surface area contributed by atoms with Gasteiger partial charge in [0.2, 0.25) is 5.91 Å². The first kappa shape index (κ1) is 11.9. The second-order valence-electron chi connectivity index (χ2n) is 5.25. The fourth-order valence-electron chi connectivity index (χ4n) is 2.65. The van der Waals surface area contributed by atoms with Crippen LogP contribution in [0.5, 0.6) is 0 Å². The van der Waals surface area contributed by atoms with Gasteiger partial charge in [-0.3, -0.25) is 10.1 Å². The summed E-state index contributed by atoms with van der Waals surface area (Å²) < 4.78 is 0. The van der Waals surface area contributed by atoms with Crippen LogP contribution in [-0.4, -0.2) is 29.6 Å². The van der Waals surface area contributed by atoms with Crippen LogP contribution in [0.25, 0.3) is 0 Å². The van der Waals surface area contributed by atoms with E-state index in [1.807, 2.05) is 0 Å². The molecule has 1 amide bonds. The molecule has 16 heavy (non-hydrogen) atoms. The molecule has 0 aromatic heterocycles. The largest absolute Gasteiger partial charge is 0.326 e. The van der Waals surface area contributed by atoms with Crippen LogP contribution in [0.15, 0.2) is 0 Å². The van der Waals surface area contributed by atoms with E-state index in [2.05, 4.69) is 24.1 Å². The third-order valence-electron chi connectivity index (χ3n) is 3.88. The van der Waals surface area contributed by atoms with E-state index in [1.54, 1.807) is 0 Å². The fraction of sp³-hybridized carbons (Fsp3) is 0.923. The molecule has 2 unspecified atom stereocenters. The van der Waals surface area contributed by atoms with Gasteiger partial charge in [0, 0.05) is 6.04 Å². The zero-order valence-electron chi connectivity index (χ0n) is 10.5. The van der Waals surface area contributed by atoms with Crippen molar-refractivity contribution >= 4 is 5.91 Å². The summed E-state index contributed by atoms with van der Waals surface area (Å²) in [5.41, 5.74) is 0. The quantitative estimate of drug-likeness (QED) is 0.749. The zero-order chi connectivity index (χ0) is 11.5. The van der Waals surface area contributed by atoms with Gasteiger partial charge in [0.15, 0.2) is 0 Å². The molecule has 92 valence electrons. The van der Waals surface area contributed by atoms with Gasteiger partial charge >= 0.3 is 0 Å². The molecule has 1 saturated carbocycles. The van der Waals surface area contributed by atoms with Crippen molar-refractivity contribution in [2.75, 3.05) is 6.67 Å². The Morgan fingerprint density at radius 3 is 2.75 bits per heavy atom. The minimum Gasteiger partial charge on any atom is -0.326 e. The van der Waals surface area contributed by atoms with E-state index in [1.165, 1.54) is 19.3 Å². The van der Waals surface area contributed by atoms with E-state index in [9.17, 15) is 4.79 Å². The van der Waals surface area contributed by atoms with Crippen molar-refractivity contribution in [3.63, 3.8) is 0 Å². The predicted octanol–water partition coefficient (Wildman–Crippen LogP) is 2.12. The number of nitrogens with zero attached hydrogens (tertiary/aromatic N) is 1. The summed E-state index contributed by atoms with van der Waals surface area (Å²) in [6.45, 7) is 5.11. The van der Waals surface area contributed by atoms with Crippen molar-refractivity contribution in [2.24, 2.45) is 5.92 Å². The lowest BCUT2D eigenvalue weighted by molar-refractivity contribution is -0.131. The van der Waals surface area contributed by atoms with Crippen LogP contribution in [0.3, 0.4) is 0 Å². The van der Waals surface area contributed by atoms with Crippen LogP contribution in [-0.2, 0) is 4.79 Å². The van der Waals surface area contributed by atoms with Crippen LogP contribution in [0, 0.1) is 5.92 Å². The highest BCUT2D eigenvalue weighted by atomic mass is 16.2. The number of hydrogen-bond acceptors (Lipinski definition) is 2. The third-order valence-corrected chi connectivity index (χ3v) is 3.88. The Balaban J connectivity index is 1.89. The second-order valence-corrected chi connectivity index (χ2v) is 5.25. The molecule has 0 aromatic carbocycles. The van der Waals surface area contributed by atoms with Crippen molar-refractivity contribution in [3.05, 3.63) is 0 Å². The van der Waals surface area contributed by atoms with Crippen molar-refractivity contribution < 1.29 is 4.79 Å². The van der Waals surface area contributed by atoms with E-state index in [4.69, 9.17) is 0 Å². The Morgan fingerprint density at radius 1 is 1.44 bits per heavy atom. The number of nitrogens with one attached hydrogen (secondary N) is 1. The van der Waals surface area contributed by atoms with Gasteiger partial charge in [0.1, 0.15) is 0 Å². The molecule has 1 heterocycles. The smallest absolute Gasteiger partial charge is 0.241 e. The van der Waals surface area contributed by atoms with E-state index in [-0.39, 0.29) is 6.04 Å². The molecule has 2 atom stereocenters. The van der Waals surface area contributed by atoms with Crippen molar-refractivity contribution in [2.45, 2.75) is 64.5 Å². The highest BCUT2D eigenvalue weighted by Crippen LogP contribution is 2.35. The van der Waals surface area contributed by atoms with Crippen LogP contribution >= 0.6 is 0 Å². The highest BCUT2D eigenvalue weighted by molar-refractivity contribution is 5.84. The molecule has 2 aliphatic rings. The average Bonchev–Trinajstić information content (AvgIpc) is 3.03. The van der Waals surface area contributed by atoms with Crippen LogP contribution in [0.4, 0.5) is 0 Å². The van der Waals surface area contributed by atoms with Crippen molar-refractivity contribution in [1.29, 1.82) is 0 Å². The van der Waals surface area contributed by atoms with Gasteiger partial charge in [0.05, 0.1) is 12.7 Å². The second kappa shape index (κ2) is 5.17. The molecule has 0 spiro atoms. The molecule has 1 aliphatic heterocycles. The van der Waals surface area contributed by atoms with Gasteiger partial charge in [-0.05, 0) is 25.2 Å². The SMILES string of the molecule is CCCC1NCN(C(CC)CC2CC2)C1=O. The van der Waals surface area contributed by atoms with Gasteiger partial charge < -0.3 is 4.90 Å². The molecular formula is C13H24N2O. The fourth-order valence-corrected chi connectivity index (χ4v) is 2.65. The Morgan fingerprint density at radius 2 is 2.19 bits per heavy atom. The maximum Gasteiger partial charge on any atom is 0.241 e.